The van der Waals surface area contributed by atoms with Crippen molar-refractivity contribution >= 4 is 39.3 Å². The minimum Gasteiger partial charge on any atom is -0.321 e. The molecule has 0 aliphatic carbocycles. The standard InChI is InChI=1S/C14H13BrN2OS/c1-2-19-12-8-4-3-7-11(12)17-14(18)10-6-5-9-16-13(10)15/h3-9H,2H2,1H3,(H,17,18). The number of nitrogens with one attached hydrogen (secondary N) is 1. The lowest BCUT2D eigenvalue weighted by Crippen LogP contribution is -2.13. The highest BCUT2D eigenvalue weighted by Gasteiger charge is 2.12. The number of anilines is 1. The van der Waals surface area contributed by atoms with Crippen LogP contribution in [-0.2, 0) is 0 Å². The van der Waals surface area contributed by atoms with Gasteiger partial charge in [0.1, 0.15) is 4.60 Å². The molecular weight excluding hydrogens is 324 g/mol. The summed E-state index contributed by atoms with van der Waals surface area (Å²) in [5, 5.41) is 2.92. The molecule has 1 aromatic carbocycles. The maximum atomic E-state index is 12.2. The van der Waals surface area contributed by atoms with Crippen LogP contribution in [0.3, 0.4) is 0 Å². The first kappa shape index (κ1) is 14.1. The summed E-state index contributed by atoms with van der Waals surface area (Å²) in [6, 6.07) is 11.3. The number of halogens is 1. The first-order valence-corrected chi connectivity index (χ1v) is 7.64. The van der Waals surface area contributed by atoms with E-state index in [0.29, 0.717) is 10.2 Å². The quantitative estimate of drug-likeness (QED) is 0.671. The van der Waals surface area contributed by atoms with Gasteiger partial charge < -0.3 is 5.32 Å². The molecule has 5 heteroatoms. The van der Waals surface area contributed by atoms with Gasteiger partial charge in [0.15, 0.2) is 0 Å². The van der Waals surface area contributed by atoms with Gasteiger partial charge in [0, 0.05) is 11.1 Å². The van der Waals surface area contributed by atoms with Crippen LogP contribution in [0.25, 0.3) is 0 Å². The number of para-hydroxylation sites is 1. The smallest absolute Gasteiger partial charge is 0.258 e. The Balaban J connectivity index is 2.22. The largest absolute Gasteiger partial charge is 0.321 e. The van der Waals surface area contributed by atoms with E-state index in [-0.39, 0.29) is 5.91 Å². The Morgan fingerprint density at radius 1 is 1.32 bits per heavy atom. The maximum absolute atomic E-state index is 12.2. The molecule has 1 N–H and O–H groups in total. The summed E-state index contributed by atoms with van der Waals surface area (Å²) in [5.74, 6) is 0.799. The summed E-state index contributed by atoms with van der Waals surface area (Å²) in [6.07, 6.45) is 1.64. The summed E-state index contributed by atoms with van der Waals surface area (Å²) in [6.45, 7) is 2.08. The van der Waals surface area contributed by atoms with Gasteiger partial charge >= 0.3 is 0 Å². The van der Waals surface area contributed by atoms with E-state index in [0.717, 1.165) is 16.3 Å². The molecule has 1 heterocycles. The van der Waals surface area contributed by atoms with E-state index in [1.807, 2.05) is 24.3 Å². The molecule has 0 aliphatic rings. The second-order valence-electron chi connectivity index (χ2n) is 3.73. The maximum Gasteiger partial charge on any atom is 0.258 e. The topological polar surface area (TPSA) is 42.0 Å². The molecule has 1 amide bonds. The Morgan fingerprint density at radius 2 is 2.11 bits per heavy atom. The number of hydrogen-bond acceptors (Lipinski definition) is 3. The summed E-state index contributed by atoms with van der Waals surface area (Å²) >= 11 is 4.98. The van der Waals surface area contributed by atoms with E-state index in [2.05, 4.69) is 33.2 Å². The lowest BCUT2D eigenvalue weighted by atomic mass is 10.2. The van der Waals surface area contributed by atoms with Gasteiger partial charge in [0.2, 0.25) is 0 Å². The average Bonchev–Trinajstić information content (AvgIpc) is 2.41. The van der Waals surface area contributed by atoms with Crippen molar-refractivity contribution in [2.45, 2.75) is 11.8 Å². The normalized spacial score (nSPS) is 10.2. The van der Waals surface area contributed by atoms with Crippen molar-refractivity contribution in [1.82, 2.24) is 4.98 Å². The average molecular weight is 337 g/mol. The lowest BCUT2D eigenvalue weighted by Gasteiger charge is -2.10. The fourth-order valence-electron chi connectivity index (χ4n) is 1.60. The van der Waals surface area contributed by atoms with Gasteiger partial charge in [-0.15, -0.1) is 11.8 Å². The van der Waals surface area contributed by atoms with Crippen LogP contribution >= 0.6 is 27.7 Å². The monoisotopic (exact) mass is 336 g/mol. The molecular formula is C14H13BrN2OS. The van der Waals surface area contributed by atoms with Gasteiger partial charge in [-0.1, -0.05) is 19.1 Å². The summed E-state index contributed by atoms with van der Waals surface area (Å²) in [5.41, 5.74) is 1.36. The van der Waals surface area contributed by atoms with Gasteiger partial charge in [-0.05, 0) is 45.9 Å². The molecule has 0 radical (unpaired) electrons. The van der Waals surface area contributed by atoms with Gasteiger partial charge in [-0.25, -0.2) is 4.98 Å². The molecule has 0 atom stereocenters. The van der Waals surface area contributed by atoms with Crippen LogP contribution in [0.15, 0.2) is 52.1 Å². The number of thioether (sulfide) groups is 1. The van der Waals surface area contributed by atoms with E-state index in [9.17, 15) is 4.79 Å². The second-order valence-corrected chi connectivity index (χ2v) is 5.78. The molecule has 0 saturated heterocycles. The molecule has 1 aromatic heterocycles. The number of rotatable bonds is 4. The molecule has 0 unspecified atom stereocenters. The molecule has 98 valence electrons. The summed E-state index contributed by atoms with van der Waals surface area (Å²) in [7, 11) is 0. The third-order valence-electron chi connectivity index (χ3n) is 2.44. The van der Waals surface area contributed by atoms with Crippen molar-refractivity contribution in [3.05, 3.63) is 52.8 Å². The third-order valence-corrected chi connectivity index (χ3v) is 4.03. The van der Waals surface area contributed by atoms with E-state index >= 15 is 0 Å². The zero-order valence-electron chi connectivity index (χ0n) is 10.4. The molecule has 0 spiro atoms. The highest BCUT2D eigenvalue weighted by molar-refractivity contribution is 9.10. The highest BCUT2D eigenvalue weighted by Crippen LogP contribution is 2.27. The van der Waals surface area contributed by atoms with E-state index < -0.39 is 0 Å². The van der Waals surface area contributed by atoms with Gasteiger partial charge in [-0.2, -0.15) is 0 Å². The number of carbonyl (C=O) groups excluding carboxylic acids is 1. The number of carbonyl (C=O) groups is 1. The van der Waals surface area contributed by atoms with Crippen molar-refractivity contribution in [3.8, 4) is 0 Å². The van der Waals surface area contributed by atoms with Crippen LogP contribution in [-0.4, -0.2) is 16.6 Å². The van der Waals surface area contributed by atoms with Crippen molar-refractivity contribution in [2.24, 2.45) is 0 Å². The SMILES string of the molecule is CCSc1ccccc1NC(=O)c1cccnc1Br. The highest BCUT2D eigenvalue weighted by atomic mass is 79.9. The molecule has 0 bridgehead atoms. The Hall–Kier alpha value is -1.33. The van der Waals surface area contributed by atoms with Crippen molar-refractivity contribution < 1.29 is 4.79 Å². The first-order valence-electron chi connectivity index (χ1n) is 5.86. The molecule has 19 heavy (non-hydrogen) atoms. The Labute approximate surface area is 125 Å². The molecule has 2 aromatic rings. The Kier molecular flexibility index (Phi) is 4.99. The van der Waals surface area contributed by atoms with E-state index in [1.54, 1.807) is 30.1 Å². The van der Waals surface area contributed by atoms with Crippen LogP contribution in [0.2, 0.25) is 0 Å². The molecule has 2 rings (SSSR count). The number of nitrogens with zero attached hydrogens (tertiary/aromatic N) is 1. The first-order chi connectivity index (χ1) is 9.22. The van der Waals surface area contributed by atoms with Crippen molar-refractivity contribution in [3.63, 3.8) is 0 Å². The van der Waals surface area contributed by atoms with Crippen LogP contribution in [0, 0.1) is 0 Å². The minimum atomic E-state index is -0.163. The van der Waals surface area contributed by atoms with Gasteiger partial charge in [0.05, 0.1) is 11.3 Å². The number of amides is 1. The fourth-order valence-corrected chi connectivity index (χ4v) is 2.79. The summed E-state index contributed by atoms with van der Waals surface area (Å²) in [4.78, 5) is 17.3. The predicted molar refractivity (Wildman–Crippen MR) is 82.7 cm³/mol. The molecule has 0 aliphatic heterocycles. The fraction of sp³-hybridized carbons (Fsp3) is 0.143. The zero-order chi connectivity index (χ0) is 13.7. The number of benzene rings is 1. The Bertz CT molecular complexity index is 589. The van der Waals surface area contributed by atoms with E-state index in [1.165, 1.54) is 0 Å². The predicted octanol–water partition coefficient (Wildman–Crippen LogP) is 4.21. The van der Waals surface area contributed by atoms with Crippen LogP contribution in [0.1, 0.15) is 17.3 Å². The van der Waals surface area contributed by atoms with Crippen molar-refractivity contribution in [2.75, 3.05) is 11.1 Å². The summed E-state index contributed by atoms with van der Waals surface area (Å²) < 4.78 is 0.549. The molecule has 0 fully saturated rings. The van der Waals surface area contributed by atoms with E-state index in [4.69, 9.17) is 0 Å². The number of hydrogen-bond donors (Lipinski definition) is 1. The number of aromatic nitrogens is 1. The molecule has 0 saturated carbocycles. The van der Waals surface area contributed by atoms with Gasteiger partial charge in [-0.3, -0.25) is 4.79 Å². The van der Waals surface area contributed by atoms with Crippen LogP contribution in [0.5, 0.6) is 0 Å². The minimum absolute atomic E-state index is 0.163. The van der Waals surface area contributed by atoms with Crippen LogP contribution < -0.4 is 5.32 Å². The number of pyridine rings is 1. The Morgan fingerprint density at radius 3 is 2.84 bits per heavy atom. The van der Waals surface area contributed by atoms with Crippen LogP contribution in [0.4, 0.5) is 5.69 Å². The second kappa shape index (κ2) is 6.73. The van der Waals surface area contributed by atoms with Crippen molar-refractivity contribution in [1.29, 1.82) is 0 Å². The zero-order valence-corrected chi connectivity index (χ0v) is 12.8. The molecule has 3 nitrogen and oxygen atoms in total. The third kappa shape index (κ3) is 3.58. The van der Waals surface area contributed by atoms with Gasteiger partial charge in [0.25, 0.3) is 5.91 Å². The lowest BCUT2D eigenvalue weighted by molar-refractivity contribution is 0.102.